The Hall–Kier alpha value is -2.20. The summed E-state index contributed by atoms with van der Waals surface area (Å²) in [6, 6.07) is 4.75. The SMILES string of the molecule is CC12CCC3C(C(=O)C=C4C5(C)C=C(C#N)C(=O)C(C)(C)C5CCC43C)C1C[C@@](C)(C#N)CC2. The largest absolute Gasteiger partial charge is 0.295 e. The van der Waals surface area contributed by atoms with Crippen molar-refractivity contribution in [3.63, 3.8) is 0 Å². The fraction of sp³-hybridized carbons (Fsp3) is 0.733. The van der Waals surface area contributed by atoms with Gasteiger partial charge in [-0.1, -0.05) is 46.3 Å². The van der Waals surface area contributed by atoms with Crippen LogP contribution in [0.4, 0.5) is 0 Å². The van der Waals surface area contributed by atoms with Crippen LogP contribution in [0.3, 0.4) is 0 Å². The Morgan fingerprint density at radius 1 is 0.912 bits per heavy atom. The third-order valence-electron chi connectivity index (χ3n) is 11.5. The molecule has 0 saturated heterocycles. The van der Waals surface area contributed by atoms with E-state index in [0.29, 0.717) is 0 Å². The first kappa shape index (κ1) is 23.5. The van der Waals surface area contributed by atoms with E-state index in [-0.39, 0.29) is 57.1 Å². The van der Waals surface area contributed by atoms with Crippen molar-refractivity contribution in [1.82, 2.24) is 0 Å². The lowest BCUT2D eigenvalue weighted by Gasteiger charge is -2.64. The van der Waals surface area contributed by atoms with Crippen LogP contribution >= 0.6 is 0 Å². The summed E-state index contributed by atoms with van der Waals surface area (Å²) in [5.41, 5.74) is -0.0406. The van der Waals surface area contributed by atoms with Crippen LogP contribution in [0.25, 0.3) is 0 Å². The molecule has 0 heterocycles. The Labute approximate surface area is 204 Å². The molecule has 0 spiro atoms. The molecule has 0 N–H and O–H groups in total. The maximum Gasteiger partial charge on any atom is 0.178 e. The average Bonchev–Trinajstić information content (AvgIpc) is 2.78. The molecule has 0 aromatic heterocycles. The zero-order chi connectivity index (χ0) is 24.9. The molecule has 180 valence electrons. The number of ketones is 2. The van der Waals surface area contributed by atoms with Crippen LogP contribution in [0.5, 0.6) is 0 Å². The Bertz CT molecular complexity index is 1130. The van der Waals surface area contributed by atoms with Gasteiger partial charge in [-0.3, -0.25) is 9.59 Å². The molecule has 0 aromatic carbocycles. The monoisotopic (exact) mass is 458 g/mol. The molecule has 5 rings (SSSR count). The van der Waals surface area contributed by atoms with Gasteiger partial charge in [0.2, 0.25) is 0 Å². The number of nitriles is 2. The summed E-state index contributed by atoms with van der Waals surface area (Å²) in [7, 11) is 0. The second-order valence-corrected chi connectivity index (χ2v) is 13.8. The number of carbonyl (C=O) groups excluding carboxylic acids is 2. The van der Waals surface area contributed by atoms with Gasteiger partial charge in [-0.15, -0.1) is 0 Å². The molecule has 7 unspecified atom stereocenters. The van der Waals surface area contributed by atoms with E-state index in [9.17, 15) is 20.1 Å². The molecule has 8 atom stereocenters. The molecule has 0 aromatic rings. The van der Waals surface area contributed by atoms with Crippen molar-refractivity contribution in [3.8, 4) is 12.1 Å². The van der Waals surface area contributed by atoms with Gasteiger partial charge in [-0.05, 0) is 86.5 Å². The Balaban J connectivity index is 1.64. The van der Waals surface area contributed by atoms with Crippen molar-refractivity contribution in [2.24, 2.45) is 50.7 Å². The fourth-order valence-corrected chi connectivity index (χ4v) is 9.48. The van der Waals surface area contributed by atoms with Crippen molar-refractivity contribution < 1.29 is 9.59 Å². The van der Waals surface area contributed by atoms with Gasteiger partial charge in [0, 0.05) is 16.7 Å². The molecule has 5 aliphatic carbocycles. The van der Waals surface area contributed by atoms with Gasteiger partial charge in [0.05, 0.1) is 17.1 Å². The summed E-state index contributed by atoms with van der Waals surface area (Å²) in [6.07, 6.45) is 10.6. The molecule has 3 saturated carbocycles. The molecule has 4 heteroatoms. The highest BCUT2D eigenvalue weighted by molar-refractivity contribution is 6.04. The number of rotatable bonds is 0. The first-order valence-electron chi connectivity index (χ1n) is 13.1. The van der Waals surface area contributed by atoms with Crippen molar-refractivity contribution >= 4 is 11.6 Å². The summed E-state index contributed by atoms with van der Waals surface area (Å²) in [6.45, 7) is 12.9. The highest BCUT2D eigenvalue weighted by atomic mass is 16.1. The number of hydrogen-bond donors (Lipinski definition) is 0. The standard InChI is InChI=1S/C30H38N2O2/c1-26(2)22-8-10-29(5)19-7-9-28(4)12-11-27(3,17-32)15-20(28)24(19)21(33)13-23(29)30(22,6)14-18(16-31)25(26)34/h13-14,19-20,22,24H,7-12,15H2,1-6H3/t19?,20?,22?,24?,27-,28?,29?,30?/m0/s1. The lowest BCUT2D eigenvalue weighted by molar-refractivity contribution is -0.145. The Kier molecular flexibility index (Phi) is 4.80. The van der Waals surface area contributed by atoms with Crippen LogP contribution in [0.2, 0.25) is 0 Å². The van der Waals surface area contributed by atoms with Crippen LogP contribution in [-0.2, 0) is 9.59 Å². The van der Waals surface area contributed by atoms with Crippen molar-refractivity contribution in [2.75, 3.05) is 0 Å². The van der Waals surface area contributed by atoms with Crippen LogP contribution < -0.4 is 0 Å². The normalized spacial score (nSPS) is 49.2. The van der Waals surface area contributed by atoms with E-state index in [1.807, 2.05) is 26.0 Å². The number of carbonyl (C=O) groups is 2. The van der Waals surface area contributed by atoms with Crippen LogP contribution in [0, 0.1) is 73.4 Å². The molecular formula is C30H38N2O2. The van der Waals surface area contributed by atoms with E-state index in [0.717, 1.165) is 50.5 Å². The van der Waals surface area contributed by atoms with E-state index in [1.54, 1.807) is 0 Å². The first-order chi connectivity index (χ1) is 15.8. The second-order valence-electron chi connectivity index (χ2n) is 13.8. The number of nitrogens with zero attached hydrogens (tertiary/aromatic N) is 2. The number of hydrogen-bond acceptors (Lipinski definition) is 4. The molecule has 0 radical (unpaired) electrons. The number of Topliss-reactive ketones (excluding diaryl/α,β-unsaturated/α-hetero) is 1. The Morgan fingerprint density at radius 3 is 2.26 bits per heavy atom. The van der Waals surface area contributed by atoms with Crippen molar-refractivity contribution in [2.45, 2.75) is 86.5 Å². The molecule has 34 heavy (non-hydrogen) atoms. The minimum atomic E-state index is -0.625. The van der Waals surface area contributed by atoms with Gasteiger partial charge < -0.3 is 0 Å². The summed E-state index contributed by atoms with van der Waals surface area (Å²) in [4.78, 5) is 27.1. The van der Waals surface area contributed by atoms with E-state index in [1.165, 1.54) is 0 Å². The zero-order valence-corrected chi connectivity index (χ0v) is 21.6. The van der Waals surface area contributed by atoms with E-state index in [2.05, 4.69) is 39.8 Å². The first-order valence-corrected chi connectivity index (χ1v) is 13.1. The molecule has 0 bridgehead atoms. The van der Waals surface area contributed by atoms with Crippen LogP contribution in [0.15, 0.2) is 23.3 Å². The number of allylic oxidation sites excluding steroid dienone is 4. The number of fused-ring (bicyclic) bond motifs is 7. The predicted molar refractivity (Wildman–Crippen MR) is 130 cm³/mol. The lowest BCUT2D eigenvalue weighted by Crippen LogP contribution is -2.60. The fourth-order valence-electron chi connectivity index (χ4n) is 9.48. The quantitative estimate of drug-likeness (QED) is 0.424. The molecule has 4 nitrogen and oxygen atoms in total. The topological polar surface area (TPSA) is 81.7 Å². The van der Waals surface area contributed by atoms with Crippen LogP contribution in [0.1, 0.15) is 86.5 Å². The van der Waals surface area contributed by atoms with Gasteiger partial charge in [-0.25, -0.2) is 0 Å². The summed E-state index contributed by atoms with van der Waals surface area (Å²) in [5, 5.41) is 19.7. The van der Waals surface area contributed by atoms with Gasteiger partial charge in [0.1, 0.15) is 6.07 Å². The smallest absolute Gasteiger partial charge is 0.178 e. The molecule has 5 aliphatic rings. The molecule has 0 amide bonds. The Morgan fingerprint density at radius 2 is 1.62 bits per heavy atom. The summed E-state index contributed by atoms with van der Waals surface area (Å²) < 4.78 is 0. The van der Waals surface area contributed by atoms with Gasteiger partial charge in [0.25, 0.3) is 0 Å². The van der Waals surface area contributed by atoms with Crippen molar-refractivity contribution in [3.05, 3.63) is 23.3 Å². The average molecular weight is 459 g/mol. The minimum Gasteiger partial charge on any atom is -0.295 e. The predicted octanol–water partition coefficient (Wildman–Crippen LogP) is 6.34. The van der Waals surface area contributed by atoms with Gasteiger partial charge in [0.15, 0.2) is 11.6 Å². The maximum absolute atomic E-state index is 14.0. The third-order valence-corrected chi connectivity index (χ3v) is 11.5. The van der Waals surface area contributed by atoms with Gasteiger partial charge >= 0.3 is 0 Å². The lowest BCUT2D eigenvalue weighted by atomic mass is 9.38. The molecule has 3 fully saturated rings. The van der Waals surface area contributed by atoms with E-state index < -0.39 is 10.8 Å². The van der Waals surface area contributed by atoms with E-state index in [4.69, 9.17) is 0 Å². The summed E-state index contributed by atoms with van der Waals surface area (Å²) in [5.74, 6) is 0.715. The second kappa shape index (κ2) is 6.94. The molecule has 0 aliphatic heterocycles. The highest BCUT2D eigenvalue weighted by Gasteiger charge is 2.65. The zero-order valence-electron chi connectivity index (χ0n) is 21.6. The minimum absolute atomic E-state index is 0.0294. The van der Waals surface area contributed by atoms with Crippen LogP contribution in [-0.4, -0.2) is 11.6 Å². The molecular weight excluding hydrogens is 420 g/mol. The van der Waals surface area contributed by atoms with E-state index >= 15 is 0 Å². The summed E-state index contributed by atoms with van der Waals surface area (Å²) >= 11 is 0. The van der Waals surface area contributed by atoms with Gasteiger partial charge in [-0.2, -0.15) is 10.5 Å². The third kappa shape index (κ3) is 2.81. The maximum atomic E-state index is 14.0. The highest BCUT2D eigenvalue weighted by Crippen LogP contribution is 2.70. The van der Waals surface area contributed by atoms with Crippen molar-refractivity contribution in [1.29, 1.82) is 10.5 Å².